The Hall–Kier alpha value is -4.92. The number of carbonyl (C=O) groups excluding carboxylic acids is 4. The van der Waals surface area contributed by atoms with E-state index in [4.69, 9.17) is 0 Å². The molecule has 280 valence electrons. The third-order valence-electron chi connectivity index (χ3n) is 11.7. The van der Waals surface area contributed by atoms with Gasteiger partial charge in [0.2, 0.25) is 11.8 Å². The van der Waals surface area contributed by atoms with Crippen molar-refractivity contribution < 1.29 is 19.2 Å². The van der Waals surface area contributed by atoms with Gasteiger partial charge in [-0.1, -0.05) is 80.8 Å². The predicted octanol–water partition coefficient (Wildman–Crippen LogP) is 7.69. The molecule has 2 aromatic carbocycles. The number of Topliss-reactive ketones (excluding diaryl/α,β-unsaturated/α-hetero) is 1. The average Bonchev–Trinajstić information content (AvgIpc) is 3.66. The van der Waals surface area contributed by atoms with Gasteiger partial charge in [-0.05, 0) is 82.6 Å². The van der Waals surface area contributed by atoms with E-state index in [1.165, 1.54) is 11.1 Å². The highest BCUT2D eigenvalue weighted by Crippen LogP contribution is 2.55. The molecule has 5 N–H and O–H groups in total. The standard InChI is InChI=1S/C44H55N5O4/c1-26(2)21-38-40-29(5)28(4)23-32-22-27(3)13-7-8-14-33(24-39(50)44(32,40)43(53)49-38)48-37-18-12-10-16-35(37)42(52)47-30(6)41(51)45-20-19-31-25-46-36-17-11-9-15-34(31)36/h9-12,15-20,22-23,25-26,29-30,32-33,38,40,46,48H,7-8,13-14,21,24H2,1-6H3,(H,45,51)(H,47,52)(H,49,53). The molecular weight excluding hydrogens is 663 g/mol. The Morgan fingerprint density at radius 1 is 1.00 bits per heavy atom. The largest absolute Gasteiger partial charge is 0.381 e. The van der Waals surface area contributed by atoms with E-state index in [-0.39, 0.29) is 53.9 Å². The fourth-order valence-corrected chi connectivity index (χ4v) is 8.94. The van der Waals surface area contributed by atoms with E-state index < -0.39 is 17.4 Å². The Kier molecular flexibility index (Phi) is 11.4. The molecule has 3 aliphatic rings. The molecule has 0 saturated carbocycles. The number of aromatic amines is 1. The number of ketones is 1. The van der Waals surface area contributed by atoms with Gasteiger partial charge in [0.25, 0.3) is 5.91 Å². The number of nitrogens with one attached hydrogen (secondary N) is 5. The van der Waals surface area contributed by atoms with Crippen LogP contribution in [0.5, 0.6) is 0 Å². The molecule has 7 unspecified atom stereocenters. The van der Waals surface area contributed by atoms with Gasteiger partial charge in [0.1, 0.15) is 11.5 Å². The normalized spacial score (nSPS) is 26.9. The van der Waals surface area contributed by atoms with Crippen LogP contribution in [0.3, 0.4) is 0 Å². The number of carbonyl (C=O) groups is 4. The molecule has 1 aliphatic heterocycles. The first kappa shape index (κ1) is 37.8. The van der Waals surface area contributed by atoms with Crippen LogP contribution in [-0.4, -0.2) is 46.6 Å². The summed E-state index contributed by atoms with van der Waals surface area (Å²) in [5, 5.41) is 13.6. The Balaban J connectivity index is 1.20. The number of aromatic nitrogens is 1. The van der Waals surface area contributed by atoms with E-state index in [1.54, 1.807) is 25.3 Å². The maximum Gasteiger partial charge on any atom is 0.254 e. The molecule has 9 heteroatoms. The summed E-state index contributed by atoms with van der Waals surface area (Å²) in [6.45, 7) is 12.4. The molecular formula is C44H55N5O4. The number of anilines is 1. The van der Waals surface area contributed by atoms with Crippen molar-refractivity contribution in [1.82, 2.24) is 20.9 Å². The number of rotatable bonds is 9. The molecule has 9 nitrogen and oxygen atoms in total. The molecule has 3 aromatic rings. The van der Waals surface area contributed by atoms with Crippen molar-refractivity contribution in [3.05, 3.63) is 95.4 Å². The lowest BCUT2D eigenvalue weighted by Crippen LogP contribution is -2.53. The first-order valence-electron chi connectivity index (χ1n) is 19.3. The van der Waals surface area contributed by atoms with E-state index in [0.717, 1.165) is 42.1 Å². The van der Waals surface area contributed by atoms with Crippen LogP contribution in [0.4, 0.5) is 5.69 Å². The van der Waals surface area contributed by atoms with E-state index >= 15 is 0 Å². The minimum absolute atomic E-state index is 0.0387. The summed E-state index contributed by atoms with van der Waals surface area (Å²) in [5.74, 6) is -0.939. The maximum absolute atomic E-state index is 15.0. The Morgan fingerprint density at radius 2 is 1.75 bits per heavy atom. The number of hydrogen-bond donors (Lipinski definition) is 5. The third-order valence-corrected chi connectivity index (χ3v) is 11.7. The van der Waals surface area contributed by atoms with Crippen LogP contribution in [0, 0.1) is 29.1 Å². The number of fused-ring (bicyclic) bond motifs is 1. The molecule has 53 heavy (non-hydrogen) atoms. The molecule has 1 aromatic heterocycles. The molecule has 3 amide bonds. The molecule has 2 heterocycles. The lowest BCUT2D eigenvalue weighted by atomic mass is 9.54. The van der Waals surface area contributed by atoms with Gasteiger partial charge in [0.15, 0.2) is 5.78 Å². The molecule has 1 saturated heterocycles. The first-order valence-corrected chi connectivity index (χ1v) is 19.3. The fraction of sp³-hybridized carbons (Fsp3) is 0.455. The van der Waals surface area contributed by atoms with Gasteiger partial charge in [0.05, 0.1) is 5.56 Å². The van der Waals surface area contributed by atoms with Crippen molar-refractivity contribution in [2.24, 2.45) is 29.1 Å². The van der Waals surface area contributed by atoms with Crippen molar-refractivity contribution in [3.8, 4) is 0 Å². The van der Waals surface area contributed by atoms with Crippen LogP contribution in [0.25, 0.3) is 17.0 Å². The number of amides is 3. The smallest absolute Gasteiger partial charge is 0.254 e. The van der Waals surface area contributed by atoms with Crippen molar-refractivity contribution in [2.75, 3.05) is 5.32 Å². The molecule has 6 rings (SSSR count). The van der Waals surface area contributed by atoms with Crippen LogP contribution in [-0.2, 0) is 14.4 Å². The average molecular weight is 718 g/mol. The topological polar surface area (TPSA) is 132 Å². The van der Waals surface area contributed by atoms with E-state index in [0.29, 0.717) is 23.6 Å². The highest BCUT2D eigenvalue weighted by Gasteiger charge is 2.65. The molecule has 1 fully saturated rings. The molecule has 1 spiro atoms. The van der Waals surface area contributed by atoms with Crippen LogP contribution < -0.4 is 21.3 Å². The number of para-hydroxylation sites is 2. The summed E-state index contributed by atoms with van der Waals surface area (Å²) in [7, 11) is 0. The zero-order valence-corrected chi connectivity index (χ0v) is 31.9. The second-order valence-electron chi connectivity index (χ2n) is 15.9. The van der Waals surface area contributed by atoms with Crippen LogP contribution >= 0.6 is 0 Å². The molecule has 0 radical (unpaired) electrons. The van der Waals surface area contributed by atoms with Crippen molar-refractivity contribution in [2.45, 2.75) is 98.2 Å². The van der Waals surface area contributed by atoms with Gasteiger partial charge in [-0.15, -0.1) is 0 Å². The zero-order valence-electron chi connectivity index (χ0n) is 31.9. The zero-order chi connectivity index (χ0) is 37.9. The minimum atomic E-state index is -1.19. The van der Waals surface area contributed by atoms with Gasteiger partial charge in [0, 0.05) is 64.9 Å². The number of benzene rings is 2. The monoisotopic (exact) mass is 717 g/mol. The predicted molar refractivity (Wildman–Crippen MR) is 212 cm³/mol. The quantitative estimate of drug-likeness (QED) is 0.114. The minimum Gasteiger partial charge on any atom is -0.381 e. The Bertz CT molecular complexity index is 1950. The highest BCUT2D eigenvalue weighted by atomic mass is 16.2. The van der Waals surface area contributed by atoms with Gasteiger partial charge < -0.3 is 26.3 Å². The van der Waals surface area contributed by atoms with E-state index in [2.05, 4.69) is 73.0 Å². The van der Waals surface area contributed by atoms with E-state index in [1.807, 2.05) is 48.7 Å². The van der Waals surface area contributed by atoms with Crippen LogP contribution in [0.2, 0.25) is 0 Å². The summed E-state index contributed by atoms with van der Waals surface area (Å²) in [5.41, 5.74) is 4.17. The number of allylic oxidation sites excluding steroid dienone is 4. The third kappa shape index (κ3) is 7.75. The second-order valence-corrected chi connectivity index (χ2v) is 15.9. The number of H-pyrrole nitrogens is 1. The van der Waals surface area contributed by atoms with Gasteiger partial charge in [-0.2, -0.15) is 0 Å². The van der Waals surface area contributed by atoms with Crippen LogP contribution in [0.1, 0.15) is 96.0 Å². The Morgan fingerprint density at radius 3 is 2.55 bits per heavy atom. The van der Waals surface area contributed by atoms with Gasteiger partial charge in [-0.3, -0.25) is 19.2 Å². The van der Waals surface area contributed by atoms with Crippen molar-refractivity contribution in [1.29, 1.82) is 0 Å². The van der Waals surface area contributed by atoms with Crippen molar-refractivity contribution in [3.63, 3.8) is 0 Å². The fourth-order valence-electron chi connectivity index (χ4n) is 8.94. The van der Waals surface area contributed by atoms with Gasteiger partial charge in [-0.25, -0.2) is 0 Å². The SMILES string of the molecule is CC1=CC2C=C(C)C(C)C3C(CC(C)C)NC(=O)C23C(=O)CC(Nc2ccccc2C(=O)NC(C)C(=O)NC=Cc2c[nH]c3ccccc23)CCCC1. The summed E-state index contributed by atoms with van der Waals surface area (Å²) in [6.07, 6.45) is 14.1. The first-order chi connectivity index (χ1) is 25.4. The Labute approximate surface area is 313 Å². The summed E-state index contributed by atoms with van der Waals surface area (Å²) in [6, 6.07) is 13.9. The maximum atomic E-state index is 15.0. The molecule has 2 aliphatic carbocycles. The summed E-state index contributed by atoms with van der Waals surface area (Å²) in [4.78, 5) is 59.2. The highest BCUT2D eigenvalue weighted by molar-refractivity contribution is 6.10. The summed E-state index contributed by atoms with van der Waals surface area (Å²) < 4.78 is 0. The van der Waals surface area contributed by atoms with E-state index in [9.17, 15) is 19.2 Å². The van der Waals surface area contributed by atoms with Gasteiger partial charge >= 0.3 is 0 Å². The lowest BCUT2D eigenvalue weighted by Gasteiger charge is -2.45. The van der Waals surface area contributed by atoms with Crippen LogP contribution in [0.15, 0.2) is 84.2 Å². The molecule has 7 atom stereocenters. The van der Waals surface area contributed by atoms with Crippen molar-refractivity contribution >= 4 is 46.2 Å². The summed E-state index contributed by atoms with van der Waals surface area (Å²) >= 11 is 0. The number of hydrogen-bond acceptors (Lipinski definition) is 5. The lowest BCUT2D eigenvalue weighted by molar-refractivity contribution is -0.145. The molecule has 0 bridgehead atoms. The second kappa shape index (κ2) is 16.0.